The molecule has 6 heteroatoms. The number of aromatic nitrogens is 2. The van der Waals surface area contributed by atoms with Crippen LogP contribution < -0.4 is 0 Å². The van der Waals surface area contributed by atoms with Gasteiger partial charge in [-0.15, -0.1) is 0 Å². The molecule has 108 valence electrons. The van der Waals surface area contributed by atoms with Crippen molar-refractivity contribution >= 4 is 0 Å². The highest BCUT2D eigenvalue weighted by Crippen LogP contribution is 2.35. The van der Waals surface area contributed by atoms with Gasteiger partial charge in [0.05, 0.1) is 23.7 Å². The predicted octanol–water partition coefficient (Wildman–Crippen LogP) is 4.46. The Bertz CT molecular complexity index is 758. The summed E-state index contributed by atoms with van der Waals surface area (Å²) in [4.78, 5) is 0. The molecule has 2 aromatic heterocycles. The summed E-state index contributed by atoms with van der Waals surface area (Å²) in [5.41, 5.74) is 1.07. The van der Waals surface area contributed by atoms with Crippen LogP contribution in [-0.4, -0.2) is 9.78 Å². The summed E-state index contributed by atoms with van der Waals surface area (Å²) in [6, 6.07) is 6.76. The van der Waals surface area contributed by atoms with Gasteiger partial charge < -0.3 is 4.42 Å². The first-order valence-electron chi connectivity index (χ1n) is 6.22. The Kier molecular flexibility index (Phi) is 3.08. The zero-order chi connectivity index (χ0) is 15.0. The Balaban J connectivity index is 2.20. The van der Waals surface area contributed by atoms with Crippen LogP contribution in [-0.2, 0) is 6.18 Å². The summed E-state index contributed by atoms with van der Waals surface area (Å²) in [7, 11) is 0. The van der Waals surface area contributed by atoms with Crippen molar-refractivity contribution in [1.29, 1.82) is 0 Å². The lowest BCUT2D eigenvalue weighted by Crippen LogP contribution is -2.06. The molecule has 3 aromatic rings. The van der Waals surface area contributed by atoms with Gasteiger partial charge in [0.15, 0.2) is 0 Å². The Morgan fingerprint density at radius 2 is 2.00 bits per heavy atom. The molecule has 0 aliphatic rings. The molecule has 0 unspecified atom stereocenters. The van der Waals surface area contributed by atoms with Crippen molar-refractivity contribution < 1.29 is 17.6 Å². The number of benzene rings is 1. The monoisotopic (exact) mass is 292 g/mol. The summed E-state index contributed by atoms with van der Waals surface area (Å²) in [5, 5.41) is 4.14. The van der Waals surface area contributed by atoms with E-state index in [2.05, 4.69) is 5.10 Å². The number of halogens is 3. The molecule has 0 atom stereocenters. The quantitative estimate of drug-likeness (QED) is 0.698. The van der Waals surface area contributed by atoms with Crippen LogP contribution >= 0.6 is 0 Å². The summed E-state index contributed by atoms with van der Waals surface area (Å²) < 4.78 is 45.5. The summed E-state index contributed by atoms with van der Waals surface area (Å²) >= 11 is 0. The Labute approximate surface area is 118 Å². The van der Waals surface area contributed by atoms with Crippen molar-refractivity contribution in [3.8, 4) is 17.0 Å². The summed E-state index contributed by atoms with van der Waals surface area (Å²) in [5.74, 6) is 0.365. The van der Waals surface area contributed by atoms with Crippen molar-refractivity contribution in [2.45, 2.75) is 13.1 Å². The summed E-state index contributed by atoms with van der Waals surface area (Å²) in [6.45, 7) is 1.86. The molecule has 0 fully saturated rings. The van der Waals surface area contributed by atoms with E-state index in [0.29, 0.717) is 17.0 Å². The fourth-order valence-corrected chi connectivity index (χ4v) is 2.09. The maximum Gasteiger partial charge on any atom is 0.416 e. The van der Waals surface area contributed by atoms with E-state index in [1.54, 1.807) is 24.5 Å². The Morgan fingerprint density at radius 1 is 1.19 bits per heavy atom. The average Bonchev–Trinajstić information content (AvgIpc) is 3.08. The molecule has 0 bridgehead atoms. The topological polar surface area (TPSA) is 31.0 Å². The molecule has 21 heavy (non-hydrogen) atoms. The molecule has 0 N–H and O–H groups in total. The van der Waals surface area contributed by atoms with Gasteiger partial charge >= 0.3 is 6.18 Å². The smallest absolute Gasteiger partial charge is 0.416 e. The Hall–Kier alpha value is -2.50. The van der Waals surface area contributed by atoms with E-state index in [9.17, 15) is 13.2 Å². The first-order chi connectivity index (χ1) is 9.95. The molecule has 0 spiro atoms. The molecule has 0 saturated carbocycles. The molecule has 2 heterocycles. The number of furan rings is 1. The van der Waals surface area contributed by atoms with Gasteiger partial charge in [0, 0.05) is 11.8 Å². The molecule has 0 amide bonds. The lowest BCUT2D eigenvalue weighted by atomic mass is 10.1. The molecule has 3 nitrogen and oxygen atoms in total. The first-order valence-corrected chi connectivity index (χ1v) is 6.22. The van der Waals surface area contributed by atoms with E-state index in [0.717, 1.165) is 17.7 Å². The van der Waals surface area contributed by atoms with Crippen molar-refractivity contribution in [2.24, 2.45) is 0 Å². The molecular weight excluding hydrogens is 281 g/mol. The number of nitrogens with zero attached hydrogens (tertiary/aromatic N) is 2. The largest absolute Gasteiger partial charge is 0.464 e. The second-order valence-electron chi connectivity index (χ2n) is 4.67. The van der Waals surface area contributed by atoms with Crippen molar-refractivity contribution in [3.05, 3.63) is 60.1 Å². The fraction of sp³-hybridized carbons (Fsp3) is 0.133. The van der Waals surface area contributed by atoms with E-state index in [1.165, 1.54) is 17.0 Å². The van der Waals surface area contributed by atoms with Crippen LogP contribution in [0.3, 0.4) is 0 Å². The second kappa shape index (κ2) is 4.80. The van der Waals surface area contributed by atoms with Crippen LogP contribution in [0.2, 0.25) is 0 Å². The third kappa shape index (κ3) is 2.56. The lowest BCUT2D eigenvalue weighted by molar-refractivity contribution is -0.137. The second-order valence-corrected chi connectivity index (χ2v) is 4.67. The molecule has 0 saturated heterocycles. The maximum atomic E-state index is 12.9. The minimum Gasteiger partial charge on any atom is -0.464 e. The molecule has 3 rings (SSSR count). The van der Waals surface area contributed by atoms with E-state index >= 15 is 0 Å². The van der Waals surface area contributed by atoms with Gasteiger partial charge in [-0.2, -0.15) is 18.3 Å². The summed E-state index contributed by atoms with van der Waals surface area (Å²) in [6.07, 6.45) is 0.409. The van der Waals surface area contributed by atoms with E-state index in [4.69, 9.17) is 4.42 Å². The molecule has 1 aromatic carbocycles. The molecule has 0 aliphatic heterocycles. The van der Waals surface area contributed by atoms with Crippen molar-refractivity contribution in [1.82, 2.24) is 9.78 Å². The molecular formula is C15H11F3N2O. The van der Waals surface area contributed by atoms with E-state index in [-0.39, 0.29) is 0 Å². The first kappa shape index (κ1) is 13.5. The number of hydrogen-bond donors (Lipinski definition) is 0. The highest BCUT2D eigenvalue weighted by molar-refractivity contribution is 5.69. The number of alkyl halides is 3. The van der Waals surface area contributed by atoms with Gasteiger partial charge in [-0.25, -0.2) is 4.68 Å². The van der Waals surface area contributed by atoms with Crippen LogP contribution in [0.1, 0.15) is 11.1 Å². The van der Waals surface area contributed by atoms with Crippen molar-refractivity contribution in [2.75, 3.05) is 0 Å². The van der Waals surface area contributed by atoms with Crippen LogP contribution in [0.25, 0.3) is 17.0 Å². The van der Waals surface area contributed by atoms with Crippen LogP contribution in [0.15, 0.2) is 53.4 Å². The number of aryl methyl sites for hydroxylation is 1. The fourth-order valence-electron chi connectivity index (χ4n) is 2.09. The van der Waals surface area contributed by atoms with Gasteiger partial charge in [0.1, 0.15) is 5.76 Å². The number of hydrogen-bond acceptors (Lipinski definition) is 2. The predicted molar refractivity (Wildman–Crippen MR) is 71.0 cm³/mol. The Morgan fingerprint density at radius 3 is 2.57 bits per heavy atom. The standard InChI is InChI=1S/C15H11F3N2O/c1-10-8-19-20(9-10)13-5-4-11(15(16,17)18)7-12(13)14-3-2-6-21-14/h2-9H,1H3. The number of rotatable bonds is 2. The third-order valence-electron chi connectivity index (χ3n) is 3.07. The van der Waals surface area contributed by atoms with Gasteiger partial charge in [0.2, 0.25) is 0 Å². The highest BCUT2D eigenvalue weighted by atomic mass is 19.4. The van der Waals surface area contributed by atoms with E-state index < -0.39 is 11.7 Å². The molecule has 0 radical (unpaired) electrons. The minimum absolute atomic E-state index is 0.345. The zero-order valence-corrected chi connectivity index (χ0v) is 11.1. The van der Waals surface area contributed by atoms with E-state index in [1.807, 2.05) is 6.92 Å². The normalized spacial score (nSPS) is 11.8. The van der Waals surface area contributed by atoms with Crippen LogP contribution in [0.4, 0.5) is 13.2 Å². The van der Waals surface area contributed by atoms with Gasteiger partial charge in [-0.05, 0) is 42.8 Å². The van der Waals surface area contributed by atoms with Gasteiger partial charge in [-0.3, -0.25) is 0 Å². The lowest BCUT2D eigenvalue weighted by Gasteiger charge is -2.12. The molecule has 0 aliphatic carbocycles. The zero-order valence-electron chi connectivity index (χ0n) is 11.1. The van der Waals surface area contributed by atoms with Crippen LogP contribution in [0.5, 0.6) is 0 Å². The third-order valence-corrected chi connectivity index (χ3v) is 3.07. The highest BCUT2D eigenvalue weighted by Gasteiger charge is 2.31. The SMILES string of the molecule is Cc1cnn(-c2ccc(C(F)(F)F)cc2-c2ccco2)c1. The van der Waals surface area contributed by atoms with Gasteiger partial charge in [0.25, 0.3) is 0 Å². The van der Waals surface area contributed by atoms with Gasteiger partial charge in [-0.1, -0.05) is 0 Å². The minimum atomic E-state index is -4.40. The van der Waals surface area contributed by atoms with Crippen LogP contribution in [0, 0.1) is 6.92 Å². The maximum absolute atomic E-state index is 12.9. The average molecular weight is 292 g/mol. The van der Waals surface area contributed by atoms with Crippen molar-refractivity contribution in [3.63, 3.8) is 0 Å².